The zero-order chi connectivity index (χ0) is 13.4. The monoisotopic (exact) mass is 297 g/mol. The molecule has 3 rings (SSSR count). The van der Waals surface area contributed by atoms with Crippen LogP contribution in [0.5, 0.6) is 0 Å². The Balaban J connectivity index is 1.67. The van der Waals surface area contributed by atoms with Crippen molar-refractivity contribution in [2.24, 2.45) is 5.92 Å². The number of nitrogens with one attached hydrogen (secondary N) is 1. The lowest BCUT2D eigenvalue weighted by molar-refractivity contribution is -0.122. The summed E-state index contributed by atoms with van der Waals surface area (Å²) < 4.78 is 1.81. The van der Waals surface area contributed by atoms with Crippen LogP contribution in [-0.2, 0) is 11.2 Å². The molecule has 0 spiro atoms. The minimum atomic E-state index is 0.157. The molecule has 1 amide bonds. The highest BCUT2D eigenvalue weighted by Crippen LogP contribution is 2.28. The Morgan fingerprint density at radius 2 is 2.21 bits per heavy atom. The first-order chi connectivity index (χ1) is 9.13. The van der Waals surface area contributed by atoms with Gasteiger partial charge in [0.2, 0.25) is 5.91 Å². The minimum Gasteiger partial charge on any atom is -0.355 e. The molecule has 1 fully saturated rings. The molecule has 0 radical (unpaired) electrons. The third-order valence-electron chi connectivity index (χ3n) is 3.15. The van der Waals surface area contributed by atoms with Crippen LogP contribution in [0.15, 0.2) is 18.5 Å². The van der Waals surface area contributed by atoms with E-state index in [4.69, 9.17) is 23.2 Å². The quantitative estimate of drug-likeness (QED) is 0.943. The van der Waals surface area contributed by atoms with Crippen molar-refractivity contribution in [3.63, 3.8) is 0 Å². The topological polar surface area (TPSA) is 46.4 Å². The van der Waals surface area contributed by atoms with Gasteiger partial charge < -0.3 is 9.72 Å². The molecule has 100 valence electrons. The number of imidazole rings is 1. The van der Waals surface area contributed by atoms with Crippen LogP contribution in [0.4, 0.5) is 0 Å². The highest BCUT2D eigenvalue weighted by molar-refractivity contribution is 6.36. The van der Waals surface area contributed by atoms with Gasteiger partial charge in [-0.3, -0.25) is 4.79 Å². The lowest BCUT2D eigenvalue weighted by Gasteiger charge is -2.01. The number of amides is 1. The van der Waals surface area contributed by atoms with Gasteiger partial charge in [0, 0.05) is 31.3 Å². The lowest BCUT2D eigenvalue weighted by atomic mass is 10.3. The maximum atomic E-state index is 11.5. The molecular formula is C13H13Cl2N3O. The number of carbonyl (C=O) groups is 1. The number of fused-ring (bicyclic) bond motifs is 1. The van der Waals surface area contributed by atoms with E-state index < -0.39 is 0 Å². The summed E-state index contributed by atoms with van der Waals surface area (Å²) in [6.45, 7) is 0.602. The maximum absolute atomic E-state index is 11.5. The number of hydrogen-bond donors (Lipinski definition) is 1. The first-order valence-corrected chi connectivity index (χ1v) is 6.99. The van der Waals surface area contributed by atoms with Crippen LogP contribution in [0, 0.1) is 5.92 Å². The fourth-order valence-electron chi connectivity index (χ4n) is 2.00. The van der Waals surface area contributed by atoms with Gasteiger partial charge in [-0.15, -0.1) is 0 Å². The van der Waals surface area contributed by atoms with Crippen LogP contribution < -0.4 is 5.32 Å². The van der Waals surface area contributed by atoms with Gasteiger partial charge in [-0.2, -0.15) is 0 Å². The summed E-state index contributed by atoms with van der Waals surface area (Å²) in [4.78, 5) is 15.9. The van der Waals surface area contributed by atoms with Gasteiger partial charge in [-0.05, 0) is 18.9 Å². The fourth-order valence-corrected chi connectivity index (χ4v) is 2.53. The van der Waals surface area contributed by atoms with Crippen LogP contribution in [0.25, 0.3) is 5.65 Å². The normalized spacial score (nSPS) is 14.8. The zero-order valence-corrected chi connectivity index (χ0v) is 11.7. The average molecular weight is 298 g/mol. The molecule has 1 N–H and O–H groups in total. The molecule has 0 aromatic carbocycles. The second-order valence-corrected chi connectivity index (χ2v) is 5.63. The first kappa shape index (κ1) is 12.8. The van der Waals surface area contributed by atoms with E-state index >= 15 is 0 Å². The number of hydrogen-bond acceptors (Lipinski definition) is 2. The molecule has 0 saturated heterocycles. The molecule has 0 aliphatic heterocycles. The SMILES string of the molecule is O=C(NCCc1cn2cc(Cl)cc(Cl)c2n1)C1CC1. The summed E-state index contributed by atoms with van der Waals surface area (Å²) in [6.07, 6.45) is 6.38. The summed E-state index contributed by atoms with van der Waals surface area (Å²) in [6, 6.07) is 1.67. The molecule has 6 heteroatoms. The molecular weight excluding hydrogens is 285 g/mol. The van der Waals surface area contributed by atoms with Gasteiger partial charge in [0.05, 0.1) is 15.7 Å². The molecule has 19 heavy (non-hydrogen) atoms. The summed E-state index contributed by atoms with van der Waals surface area (Å²) in [7, 11) is 0. The lowest BCUT2D eigenvalue weighted by Crippen LogP contribution is -2.26. The van der Waals surface area contributed by atoms with E-state index in [1.807, 2.05) is 10.6 Å². The third-order valence-corrected chi connectivity index (χ3v) is 3.64. The number of rotatable bonds is 4. The van der Waals surface area contributed by atoms with Gasteiger partial charge in [0.25, 0.3) is 0 Å². The molecule has 0 atom stereocenters. The van der Waals surface area contributed by atoms with Crippen LogP contribution in [-0.4, -0.2) is 21.8 Å². The predicted octanol–water partition coefficient (Wildman–Crippen LogP) is 2.71. The molecule has 4 nitrogen and oxygen atoms in total. The van der Waals surface area contributed by atoms with Crippen molar-refractivity contribution in [1.29, 1.82) is 0 Å². The predicted molar refractivity (Wildman–Crippen MR) is 74.6 cm³/mol. The van der Waals surface area contributed by atoms with Crippen LogP contribution >= 0.6 is 23.2 Å². The molecule has 1 aliphatic carbocycles. The van der Waals surface area contributed by atoms with Gasteiger partial charge >= 0.3 is 0 Å². The number of pyridine rings is 1. The Hall–Kier alpha value is -1.26. The van der Waals surface area contributed by atoms with Gasteiger partial charge in [0.15, 0.2) is 5.65 Å². The molecule has 2 heterocycles. The van der Waals surface area contributed by atoms with Crippen molar-refractivity contribution in [3.8, 4) is 0 Å². The van der Waals surface area contributed by atoms with Crippen molar-refractivity contribution in [1.82, 2.24) is 14.7 Å². The van der Waals surface area contributed by atoms with E-state index in [2.05, 4.69) is 10.3 Å². The van der Waals surface area contributed by atoms with E-state index in [1.54, 1.807) is 12.3 Å². The Kier molecular flexibility index (Phi) is 3.37. The van der Waals surface area contributed by atoms with Crippen molar-refractivity contribution < 1.29 is 4.79 Å². The summed E-state index contributed by atoms with van der Waals surface area (Å²) in [5.41, 5.74) is 1.58. The van der Waals surface area contributed by atoms with Crippen molar-refractivity contribution in [2.45, 2.75) is 19.3 Å². The number of halogens is 2. The molecule has 2 aromatic heterocycles. The van der Waals surface area contributed by atoms with Crippen LogP contribution in [0.2, 0.25) is 10.0 Å². The van der Waals surface area contributed by atoms with E-state index in [9.17, 15) is 4.79 Å². The number of nitrogens with zero attached hydrogens (tertiary/aromatic N) is 2. The number of carbonyl (C=O) groups excluding carboxylic acids is 1. The minimum absolute atomic E-state index is 0.157. The van der Waals surface area contributed by atoms with E-state index in [0.717, 1.165) is 18.5 Å². The van der Waals surface area contributed by atoms with Crippen molar-refractivity contribution >= 4 is 34.8 Å². The van der Waals surface area contributed by atoms with E-state index in [1.165, 1.54) is 0 Å². The number of aromatic nitrogens is 2. The van der Waals surface area contributed by atoms with Gasteiger partial charge in [-0.25, -0.2) is 4.98 Å². The van der Waals surface area contributed by atoms with Crippen LogP contribution in [0.3, 0.4) is 0 Å². The first-order valence-electron chi connectivity index (χ1n) is 6.24. The molecule has 2 aromatic rings. The second kappa shape index (κ2) is 5.02. The molecule has 1 saturated carbocycles. The summed E-state index contributed by atoms with van der Waals surface area (Å²) >= 11 is 12.0. The second-order valence-electron chi connectivity index (χ2n) is 4.78. The summed E-state index contributed by atoms with van der Waals surface area (Å²) in [5, 5.41) is 4.02. The highest BCUT2D eigenvalue weighted by Gasteiger charge is 2.29. The molecule has 0 bridgehead atoms. The smallest absolute Gasteiger partial charge is 0.223 e. The standard InChI is InChI=1S/C13H13Cl2N3O/c14-9-5-11(15)12-17-10(7-18(12)6-9)3-4-16-13(19)8-1-2-8/h5-8H,1-4H2,(H,16,19). The zero-order valence-electron chi connectivity index (χ0n) is 10.2. The Morgan fingerprint density at radius 1 is 1.42 bits per heavy atom. The Labute approximate surface area is 120 Å². The molecule has 0 unspecified atom stereocenters. The Morgan fingerprint density at radius 3 is 2.95 bits per heavy atom. The molecule has 1 aliphatic rings. The van der Waals surface area contributed by atoms with Gasteiger partial charge in [-0.1, -0.05) is 23.2 Å². The van der Waals surface area contributed by atoms with E-state index in [0.29, 0.717) is 28.7 Å². The van der Waals surface area contributed by atoms with Crippen molar-refractivity contribution in [3.05, 3.63) is 34.2 Å². The Bertz CT molecular complexity index is 634. The van der Waals surface area contributed by atoms with E-state index in [-0.39, 0.29) is 11.8 Å². The summed E-state index contributed by atoms with van der Waals surface area (Å²) in [5.74, 6) is 0.402. The van der Waals surface area contributed by atoms with Crippen LogP contribution in [0.1, 0.15) is 18.5 Å². The fraction of sp³-hybridized carbons (Fsp3) is 0.385. The largest absolute Gasteiger partial charge is 0.355 e. The third kappa shape index (κ3) is 2.85. The highest BCUT2D eigenvalue weighted by atomic mass is 35.5. The van der Waals surface area contributed by atoms with Crippen molar-refractivity contribution in [2.75, 3.05) is 6.54 Å². The maximum Gasteiger partial charge on any atom is 0.223 e. The van der Waals surface area contributed by atoms with Gasteiger partial charge in [0.1, 0.15) is 0 Å². The average Bonchev–Trinajstić information content (AvgIpc) is 3.11.